The number of hydrogen-bond donors (Lipinski definition) is 0. The summed E-state index contributed by atoms with van der Waals surface area (Å²) in [5.41, 5.74) is 2.46. The molecule has 1 aromatic carbocycles. The SMILES string of the molecule is CC(=O)OC1COc2c(CC=C(C)C)c(=O)oc3cccc1c23. The van der Waals surface area contributed by atoms with Gasteiger partial charge in [0.25, 0.3) is 0 Å². The molecule has 5 heteroatoms. The number of esters is 1. The van der Waals surface area contributed by atoms with Crippen LogP contribution in [0.25, 0.3) is 11.0 Å². The van der Waals surface area contributed by atoms with Crippen LogP contribution in [0.3, 0.4) is 0 Å². The molecule has 1 unspecified atom stereocenters. The van der Waals surface area contributed by atoms with Gasteiger partial charge in [0.1, 0.15) is 17.9 Å². The molecule has 0 amide bonds. The molecule has 0 N–H and O–H groups in total. The maximum absolute atomic E-state index is 12.3. The molecule has 3 rings (SSSR count). The number of carbonyl (C=O) groups excluding carboxylic acids is 1. The summed E-state index contributed by atoms with van der Waals surface area (Å²) in [6.07, 6.45) is 1.91. The molecule has 1 aliphatic rings. The van der Waals surface area contributed by atoms with Crippen molar-refractivity contribution in [3.8, 4) is 5.75 Å². The highest BCUT2D eigenvalue weighted by molar-refractivity contribution is 5.89. The lowest BCUT2D eigenvalue weighted by atomic mass is 9.98. The fourth-order valence-corrected chi connectivity index (χ4v) is 2.74. The summed E-state index contributed by atoms with van der Waals surface area (Å²) in [5.74, 6) is 0.161. The highest BCUT2D eigenvalue weighted by Crippen LogP contribution is 2.39. The van der Waals surface area contributed by atoms with Gasteiger partial charge in [-0.3, -0.25) is 4.79 Å². The minimum Gasteiger partial charge on any atom is -0.488 e. The van der Waals surface area contributed by atoms with Crippen LogP contribution < -0.4 is 10.4 Å². The van der Waals surface area contributed by atoms with Crippen LogP contribution in [0.2, 0.25) is 0 Å². The molecule has 2 heterocycles. The Morgan fingerprint density at radius 1 is 1.35 bits per heavy atom. The van der Waals surface area contributed by atoms with E-state index in [1.165, 1.54) is 6.92 Å². The van der Waals surface area contributed by atoms with E-state index in [2.05, 4.69) is 0 Å². The average molecular weight is 314 g/mol. The van der Waals surface area contributed by atoms with Gasteiger partial charge in [0.2, 0.25) is 0 Å². The van der Waals surface area contributed by atoms with Gasteiger partial charge in [0, 0.05) is 18.9 Å². The lowest BCUT2D eigenvalue weighted by molar-refractivity contribution is -0.148. The predicted molar refractivity (Wildman–Crippen MR) is 85.6 cm³/mol. The number of carbonyl (C=O) groups is 1. The quantitative estimate of drug-likeness (QED) is 0.494. The Morgan fingerprint density at radius 3 is 2.83 bits per heavy atom. The summed E-state index contributed by atoms with van der Waals surface area (Å²) in [7, 11) is 0. The Bertz CT molecular complexity index is 856. The summed E-state index contributed by atoms with van der Waals surface area (Å²) in [6, 6.07) is 5.36. The van der Waals surface area contributed by atoms with Gasteiger partial charge in [-0.15, -0.1) is 0 Å². The topological polar surface area (TPSA) is 65.7 Å². The Morgan fingerprint density at radius 2 is 2.13 bits per heavy atom. The summed E-state index contributed by atoms with van der Waals surface area (Å²) < 4.78 is 16.5. The number of rotatable bonds is 3. The number of ether oxygens (including phenoxy) is 2. The van der Waals surface area contributed by atoms with Gasteiger partial charge in [0.15, 0.2) is 6.10 Å². The maximum Gasteiger partial charge on any atom is 0.343 e. The van der Waals surface area contributed by atoms with Gasteiger partial charge in [-0.2, -0.15) is 0 Å². The first kappa shape index (κ1) is 15.3. The van der Waals surface area contributed by atoms with E-state index in [-0.39, 0.29) is 12.6 Å². The van der Waals surface area contributed by atoms with Crippen LogP contribution >= 0.6 is 0 Å². The molecule has 0 bridgehead atoms. The first-order chi connectivity index (χ1) is 11.0. The van der Waals surface area contributed by atoms with Crippen LogP contribution in [0.4, 0.5) is 0 Å². The first-order valence-electron chi connectivity index (χ1n) is 7.49. The van der Waals surface area contributed by atoms with Crippen LogP contribution in [0.5, 0.6) is 5.75 Å². The monoisotopic (exact) mass is 314 g/mol. The van der Waals surface area contributed by atoms with Gasteiger partial charge in [0.05, 0.1) is 10.9 Å². The second kappa shape index (κ2) is 5.91. The molecular weight excluding hydrogens is 296 g/mol. The van der Waals surface area contributed by atoms with E-state index in [0.717, 1.165) is 11.1 Å². The van der Waals surface area contributed by atoms with Crippen molar-refractivity contribution in [1.82, 2.24) is 0 Å². The Kier molecular flexibility index (Phi) is 3.94. The molecule has 0 spiro atoms. The van der Waals surface area contributed by atoms with E-state index < -0.39 is 11.7 Å². The van der Waals surface area contributed by atoms with Gasteiger partial charge in [-0.1, -0.05) is 23.8 Å². The number of allylic oxidation sites excluding steroid dienone is 2. The van der Waals surface area contributed by atoms with Crippen LogP contribution in [-0.2, 0) is 16.0 Å². The molecule has 2 aromatic rings. The molecule has 1 aliphatic heterocycles. The third-order valence-corrected chi connectivity index (χ3v) is 3.76. The highest BCUT2D eigenvalue weighted by Gasteiger charge is 2.29. The fraction of sp³-hybridized carbons (Fsp3) is 0.333. The van der Waals surface area contributed by atoms with E-state index >= 15 is 0 Å². The summed E-state index contributed by atoms with van der Waals surface area (Å²) in [5, 5.41) is 0.710. The summed E-state index contributed by atoms with van der Waals surface area (Å²) >= 11 is 0. The molecule has 1 aromatic heterocycles. The molecule has 0 saturated carbocycles. The molecule has 120 valence electrons. The molecule has 5 nitrogen and oxygen atoms in total. The van der Waals surface area contributed by atoms with E-state index in [9.17, 15) is 9.59 Å². The summed E-state index contributed by atoms with van der Waals surface area (Å²) in [6.45, 7) is 5.49. The van der Waals surface area contributed by atoms with Crippen LogP contribution in [0, 0.1) is 0 Å². The lowest BCUT2D eigenvalue weighted by Gasteiger charge is -2.26. The van der Waals surface area contributed by atoms with Gasteiger partial charge in [-0.25, -0.2) is 4.79 Å². The van der Waals surface area contributed by atoms with Crippen molar-refractivity contribution in [3.05, 3.63) is 51.4 Å². The van der Waals surface area contributed by atoms with Crippen molar-refractivity contribution in [2.45, 2.75) is 33.3 Å². The fourth-order valence-electron chi connectivity index (χ4n) is 2.74. The van der Waals surface area contributed by atoms with Crippen LogP contribution in [0.15, 0.2) is 39.1 Å². The molecule has 0 radical (unpaired) electrons. The maximum atomic E-state index is 12.3. The van der Waals surface area contributed by atoms with Crippen molar-refractivity contribution < 1.29 is 18.7 Å². The zero-order valence-electron chi connectivity index (χ0n) is 13.3. The molecule has 0 aliphatic carbocycles. The summed E-state index contributed by atoms with van der Waals surface area (Å²) in [4.78, 5) is 23.5. The Hall–Kier alpha value is -2.56. The highest BCUT2D eigenvalue weighted by atomic mass is 16.6. The molecule has 1 atom stereocenters. The lowest BCUT2D eigenvalue weighted by Crippen LogP contribution is -2.23. The molecular formula is C18H18O5. The van der Waals surface area contributed by atoms with E-state index in [0.29, 0.717) is 28.7 Å². The zero-order valence-corrected chi connectivity index (χ0v) is 13.3. The Balaban J connectivity index is 2.21. The smallest absolute Gasteiger partial charge is 0.343 e. The van der Waals surface area contributed by atoms with Crippen molar-refractivity contribution in [1.29, 1.82) is 0 Å². The van der Waals surface area contributed by atoms with E-state index in [4.69, 9.17) is 13.9 Å². The average Bonchev–Trinajstić information content (AvgIpc) is 2.48. The van der Waals surface area contributed by atoms with Gasteiger partial charge in [-0.05, 0) is 19.9 Å². The standard InChI is InChI=1S/C18H18O5/c1-10(2)7-8-13-17-16-12(15(9-21-17)22-11(3)19)5-4-6-14(16)23-18(13)20/h4-7,15H,8-9H2,1-3H3. The van der Waals surface area contributed by atoms with Crippen molar-refractivity contribution in [3.63, 3.8) is 0 Å². The predicted octanol–water partition coefficient (Wildman–Crippen LogP) is 3.30. The van der Waals surface area contributed by atoms with Crippen molar-refractivity contribution in [2.24, 2.45) is 0 Å². The third kappa shape index (κ3) is 2.86. The number of hydrogen-bond acceptors (Lipinski definition) is 5. The first-order valence-corrected chi connectivity index (χ1v) is 7.49. The van der Waals surface area contributed by atoms with E-state index in [1.807, 2.05) is 26.0 Å². The van der Waals surface area contributed by atoms with Crippen molar-refractivity contribution >= 4 is 16.9 Å². The molecule has 23 heavy (non-hydrogen) atoms. The van der Waals surface area contributed by atoms with Gasteiger partial charge >= 0.3 is 11.6 Å². The minimum absolute atomic E-state index is 0.191. The van der Waals surface area contributed by atoms with Crippen LogP contribution in [0.1, 0.15) is 38.0 Å². The minimum atomic E-state index is -0.493. The molecule has 0 saturated heterocycles. The normalized spacial score (nSPS) is 15.9. The van der Waals surface area contributed by atoms with E-state index in [1.54, 1.807) is 12.1 Å². The van der Waals surface area contributed by atoms with Crippen molar-refractivity contribution in [2.75, 3.05) is 6.61 Å². The number of benzene rings is 1. The zero-order chi connectivity index (χ0) is 16.6. The second-order valence-electron chi connectivity index (χ2n) is 5.81. The largest absolute Gasteiger partial charge is 0.488 e. The second-order valence-corrected chi connectivity index (χ2v) is 5.81. The van der Waals surface area contributed by atoms with Gasteiger partial charge < -0.3 is 13.9 Å². The third-order valence-electron chi connectivity index (χ3n) is 3.76. The molecule has 0 fully saturated rings. The van der Waals surface area contributed by atoms with Crippen LogP contribution in [-0.4, -0.2) is 12.6 Å². The Labute approximate surface area is 133 Å².